The van der Waals surface area contributed by atoms with Crippen LogP contribution in [0.15, 0.2) is 5.16 Å². The Morgan fingerprint density at radius 2 is 2.40 bits per heavy atom. The lowest BCUT2D eigenvalue weighted by Crippen LogP contribution is -2.22. The summed E-state index contributed by atoms with van der Waals surface area (Å²) in [6, 6.07) is 0. The predicted octanol–water partition coefficient (Wildman–Crippen LogP) is 0.148. The molecular formula is C8H13N5OS. The average Bonchev–Trinajstić information content (AvgIpc) is 2.46. The number of hydrogen-bond acceptors (Lipinski definition) is 5. The van der Waals surface area contributed by atoms with Crippen LogP contribution in [0.1, 0.15) is 19.3 Å². The van der Waals surface area contributed by atoms with Gasteiger partial charge in [0.1, 0.15) is 0 Å². The van der Waals surface area contributed by atoms with Gasteiger partial charge in [-0.05, 0) is 12.8 Å². The molecule has 1 saturated heterocycles. The third-order valence-corrected chi connectivity index (χ3v) is 3.32. The topological polar surface area (TPSA) is 96.7 Å². The highest BCUT2D eigenvalue weighted by molar-refractivity contribution is 7.99. The van der Waals surface area contributed by atoms with Gasteiger partial charge < -0.3 is 11.1 Å². The van der Waals surface area contributed by atoms with E-state index in [4.69, 9.17) is 5.73 Å². The molecule has 1 aromatic rings. The number of aromatic amines is 1. The SMILES string of the molecule is Nc1nc(SC2CCCNC(=O)C2)n[nH]1. The van der Waals surface area contributed by atoms with E-state index in [-0.39, 0.29) is 11.2 Å². The molecule has 0 aliphatic carbocycles. The van der Waals surface area contributed by atoms with Gasteiger partial charge in [-0.1, -0.05) is 11.8 Å². The molecule has 1 atom stereocenters. The van der Waals surface area contributed by atoms with Crippen molar-refractivity contribution < 1.29 is 4.79 Å². The second kappa shape index (κ2) is 4.52. The Labute approximate surface area is 91.4 Å². The first-order valence-electron chi connectivity index (χ1n) is 4.85. The Bertz CT molecular complexity index is 353. The molecule has 0 radical (unpaired) electrons. The van der Waals surface area contributed by atoms with Gasteiger partial charge in [-0.3, -0.25) is 4.79 Å². The van der Waals surface area contributed by atoms with E-state index in [2.05, 4.69) is 20.5 Å². The van der Waals surface area contributed by atoms with Crippen LogP contribution in [-0.2, 0) is 4.79 Å². The summed E-state index contributed by atoms with van der Waals surface area (Å²) < 4.78 is 0. The van der Waals surface area contributed by atoms with E-state index in [0.717, 1.165) is 19.4 Å². The lowest BCUT2D eigenvalue weighted by atomic mass is 10.2. The summed E-state index contributed by atoms with van der Waals surface area (Å²) in [7, 11) is 0. The summed E-state index contributed by atoms with van der Waals surface area (Å²) in [5, 5.41) is 10.2. The van der Waals surface area contributed by atoms with E-state index < -0.39 is 0 Å². The van der Waals surface area contributed by atoms with E-state index in [1.165, 1.54) is 11.8 Å². The maximum atomic E-state index is 11.3. The number of nitrogens with zero attached hydrogens (tertiary/aromatic N) is 2. The molecule has 82 valence electrons. The van der Waals surface area contributed by atoms with E-state index in [1.807, 2.05) is 0 Å². The van der Waals surface area contributed by atoms with Crippen molar-refractivity contribution in [2.24, 2.45) is 0 Å². The van der Waals surface area contributed by atoms with Gasteiger partial charge in [0.2, 0.25) is 17.0 Å². The highest BCUT2D eigenvalue weighted by Crippen LogP contribution is 2.26. The van der Waals surface area contributed by atoms with Crippen molar-refractivity contribution in [3.63, 3.8) is 0 Å². The minimum Gasteiger partial charge on any atom is -0.368 e. The molecular weight excluding hydrogens is 214 g/mol. The van der Waals surface area contributed by atoms with Crippen LogP contribution in [0.3, 0.4) is 0 Å². The van der Waals surface area contributed by atoms with Crippen molar-refractivity contribution in [3.8, 4) is 0 Å². The largest absolute Gasteiger partial charge is 0.368 e. The first-order valence-corrected chi connectivity index (χ1v) is 5.73. The molecule has 15 heavy (non-hydrogen) atoms. The van der Waals surface area contributed by atoms with Crippen molar-refractivity contribution in [1.82, 2.24) is 20.5 Å². The maximum absolute atomic E-state index is 11.3. The summed E-state index contributed by atoms with van der Waals surface area (Å²) in [5.74, 6) is 0.420. The van der Waals surface area contributed by atoms with Crippen LogP contribution in [0.2, 0.25) is 0 Å². The first kappa shape index (κ1) is 10.3. The Kier molecular flexibility index (Phi) is 3.10. The van der Waals surface area contributed by atoms with Crippen LogP contribution in [0.4, 0.5) is 5.95 Å². The zero-order valence-electron chi connectivity index (χ0n) is 8.19. The number of hydrogen-bond donors (Lipinski definition) is 3. The van der Waals surface area contributed by atoms with Gasteiger partial charge in [0.25, 0.3) is 0 Å². The average molecular weight is 227 g/mol. The fourth-order valence-corrected chi connectivity index (χ4v) is 2.57. The molecule has 0 spiro atoms. The quantitative estimate of drug-likeness (QED) is 0.668. The number of nitrogen functional groups attached to an aromatic ring is 1. The minimum atomic E-state index is 0.105. The monoisotopic (exact) mass is 227 g/mol. The summed E-state index contributed by atoms with van der Waals surface area (Å²) >= 11 is 1.51. The Morgan fingerprint density at radius 3 is 3.13 bits per heavy atom. The summed E-state index contributed by atoms with van der Waals surface area (Å²) in [5.41, 5.74) is 5.42. The number of carbonyl (C=O) groups excluding carboxylic acids is 1. The fourth-order valence-electron chi connectivity index (χ4n) is 1.50. The number of nitrogens with one attached hydrogen (secondary N) is 2. The number of anilines is 1. The maximum Gasteiger partial charge on any atom is 0.221 e. The van der Waals surface area contributed by atoms with Gasteiger partial charge in [0.15, 0.2) is 0 Å². The number of carbonyl (C=O) groups is 1. The molecule has 1 aromatic heterocycles. The highest BCUT2D eigenvalue weighted by atomic mass is 32.2. The number of aromatic nitrogens is 3. The van der Waals surface area contributed by atoms with Crippen LogP contribution in [0.5, 0.6) is 0 Å². The van der Waals surface area contributed by atoms with Gasteiger partial charge in [-0.25, -0.2) is 5.10 Å². The minimum absolute atomic E-state index is 0.105. The lowest BCUT2D eigenvalue weighted by Gasteiger charge is -2.08. The molecule has 6 nitrogen and oxygen atoms in total. The van der Waals surface area contributed by atoms with Gasteiger partial charge in [-0.15, -0.1) is 5.10 Å². The third-order valence-electron chi connectivity index (χ3n) is 2.19. The molecule has 4 N–H and O–H groups in total. The van der Waals surface area contributed by atoms with Gasteiger partial charge in [0, 0.05) is 18.2 Å². The number of nitrogens with two attached hydrogens (primary N) is 1. The van der Waals surface area contributed by atoms with Crippen LogP contribution in [0.25, 0.3) is 0 Å². The zero-order valence-corrected chi connectivity index (χ0v) is 9.01. The van der Waals surface area contributed by atoms with Crippen LogP contribution < -0.4 is 11.1 Å². The van der Waals surface area contributed by atoms with Crippen LogP contribution in [-0.4, -0.2) is 32.9 Å². The Hall–Kier alpha value is -1.24. The second-order valence-corrected chi connectivity index (χ2v) is 4.71. The fraction of sp³-hybridized carbons (Fsp3) is 0.625. The number of thioether (sulfide) groups is 1. The molecule has 0 aromatic carbocycles. The van der Waals surface area contributed by atoms with E-state index in [1.54, 1.807) is 0 Å². The standard InChI is InChI=1S/C8H13N5OS/c9-7-11-8(13-12-7)15-5-2-1-3-10-6(14)4-5/h5H,1-4H2,(H,10,14)(H3,9,11,12,13). The zero-order chi connectivity index (χ0) is 10.7. The van der Waals surface area contributed by atoms with E-state index in [9.17, 15) is 4.79 Å². The van der Waals surface area contributed by atoms with Gasteiger partial charge in [-0.2, -0.15) is 4.98 Å². The molecule has 0 bridgehead atoms. The van der Waals surface area contributed by atoms with Crippen LogP contribution >= 0.6 is 11.8 Å². The Morgan fingerprint density at radius 1 is 1.53 bits per heavy atom. The normalized spacial score (nSPS) is 22.1. The van der Waals surface area contributed by atoms with Crippen LogP contribution in [0, 0.1) is 0 Å². The summed E-state index contributed by atoms with van der Waals surface area (Å²) in [6.07, 6.45) is 2.53. The smallest absolute Gasteiger partial charge is 0.221 e. The molecule has 2 rings (SSSR count). The summed E-state index contributed by atoms with van der Waals surface area (Å²) in [4.78, 5) is 15.3. The lowest BCUT2D eigenvalue weighted by molar-refractivity contribution is -0.120. The van der Waals surface area contributed by atoms with Gasteiger partial charge >= 0.3 is 0 Å². The molecule has 0 saturated carbocycles. The molecule has 1 aliphatic rings. The van der Waals surface area contributed by atoms with Gasteiger partial charge in [0.05, 0.1) is 0 Å². The molecule has 2 heterocycles. The third kappa shape index (κ3) is 2.85. The van der Waals surface area contributed by atoms with Crippen molar-refractivity contribution in [1.29, 1.82) is 0 Å². The molecule has 1 unspecified atom stereocenters. The van der Waals surface area contributed by atoms with Crippen molar-refractivity contribution >= 4 is 23.6 Å². The molecule has 1 amide bonds. The number of amides is 1. The second-order valence-electron chi connectivity index (χ2n) is 3.44. The molecule has 1 aliphatic heterocycles. The summed E-state index contributed by atoms with van der Waals surface area (Å²) in [6.45, 7) is 0.770. The highest BCUT2D eigenvalue weighted by Gasteiger charge is 2.19. The van der Waals surface area contributed by atoms with E-state index in [0.29, 0.717) is 17.5 Å². The van der Waals surface area contributed by atoms with Crippen molar-refractivity contribution in [2.75, 3.05) is 12.3 Å². The molecule has 7 heteroatoms. The number of rotatable bonds is 2. The van der Waals surface area contributed by atoms with E-state index >= 15 is 0 Å². The van der Waals surface area contributed by atoms with Crippen molar-refractivity contribution in [3.05, 3.63) is 0 Å². The first-order chi connectivity index (χ1) is 7.24. The number of H-pyrrole nitrogens is 1. The predicted molar refractivity (Wildman–Crippen MR) is 57.3 cm³/mol. The van der Waals surface area contributed by atoms with Crippen molar-refractivity contribution in [2.45, 2.75) is 29.7 Å². The molecule has 1 fully saturated rings. The Balaban J connectivity index is 1.95.